The summed E-state index contributed by atoms with van der Waals surface area (Å²) in [6.45, 7) is 4.62. The molecule has 0 radical (unpaired) electrons. The van der Waals surface area contributed by atoms with E-state index in [1.165, 1.54) is 6.07 Å². The van der Waals surface area contributed by atoms with E-state index in [0.29, 0.717) is 25.2 Å². The van der Waals surface area contributed by atoms with Crippen LogP contribution in [0.2, 0.25) is 0 Å². The van der Waals surface area contributed by atoms with Gasteiger partial charge >= 0.3 is 0 Å². The molecule has 1 unspecified atom stereocenters. The number of amides is 3. The smallest absolute Gasteiger partial charge is 0.257 e. The first kappa shape index (κ1) is 23.4. The van der Waals surface area contributed by atoms with Crippen molar-refractivity contribution in [2.45, 2.75) is 45.7 Å². The number of likely N-dealkylation sites (tertiary alicyclic amines) is 1. The molecule has 3 amide bonds. The highest BCUT2D eigenvalue weighted by molar-refractivity contribution is 6.01. The van der Waals surface area contributed by atoms with Crippen LogP contribution in [0.5, 0.6) is 0 Å². The number of nitrogens with zero attached hydrogens (tertiary/aromatic N) is 1. The molecule has 0 spiro atoms. The lowest BCUT2D eigenvalue weighted by Crippen LogP contribution is -2.47. The monoisotopic (exact) mass is 443 g/mol. The predicted octanol–water partition coefficient (Wildman–Crippen LogP) is 3.87. The Hall–Kier alpha value is -3.29. The third-order valence-corrected chi connectivity index (χ3v) is 5.41. The van der Waals surface area contributed by atoms with Crippen molar-refractivity contribution in [3.8, 4) is 0 Å². The SMILES string of the molecule is CC(C)C(NC(=O)c1c(F)cccc1F)C(=O)Nc1cccc(CN2CCCCC2=O)c1. The fourth-order valence-electron chi connectivity index (χ4n) is 3.68. The van der Waals surface area contributed by atoms with E-state index in [4.69, 9.17) is 0 Å². The summed E-state index contributed by atoms with van der Waals surface area (Å²) in [5.41, 5.74) is 0.657. The minimum absolute atomic E-state index is 0.119. The summed E-state index contributed by atoms with van der Waals surface area (Å²) in [6.07, 6.45) is 2.43. The first-order chi connectivity index (χ1) is 15.3. The van der Waals surface area contributed by atoms with Gasteiger partial charge in [-0.25, -0.2) is 8.78 Å². The fraction of sp³-hybridized carbons (Fsp3) is 0.375. The number of carbonyl (C=O) groups excluding carboxylic acids is 3. The molecule has 1 aliphatic heterocycles. The number of nitrogens with one attached hydrogen (secondary N) is 2. The van der Waals surface area contributed by atoms with Gasteiger partial charge in [-0.15, -0.1) is 0 Å². The zero-order valence-electron chi connectivity index (χ0n) is 18.2. The van der Waals surface area contributed by atoms with E-state index in [1.54, 1.807) is 36.9 Å². The summed E-state index contributed by atoms with van der Waals surface area (Å²) in [6, 6.07) is 9.26. The highest BCUT2D eigenvalue weighted by atomic mass is 19.1. The van der Waals surface area contributed by atoms with E-state index >= 15 is 0 Å². The van der Waals surface area contributed by atoms with E-state index in [1.807, 2.05) is 6.07 Å². The molecule has 2 aromatic carbocycles. The third kappa shape index (κ3) is 5.69. The van der Waals surface area contributed by atoms with E-state index < -0.39 is 35.1 Å². The Morgan fingerprint density at radius 1 is 1.06 bits per heavy atom. The summed E-state index contributed by atoms with van der Waals surface area (Å²) >= 11 is 0. The van der Waals surface area contributed by atoms with Crippen molar-refractivity contribution in [2.75, 3.05) is 11.9 Å². The molecule has 0 aliphatic carbocycles. The summed E-state index contributed by atoms with van der Waals surface area (Å²) in [5.74, 6) is -3.70. The quantitative estimate of drug-likeness (QED) is 0.682. The Labute approximate surface area is 186 Å². The van der Waals surface area contributed by atoms with Gasteiger partial charge < -0.3 is 15.5 Å². The van der Waals surface area contributed by atoms with Gasteiger partial charge in [0.2, 0.25) is 11.8 Å². The van der Waals surface area contributed by atoms with Crippen LogP contribution in [0.15, 0.2) is 42.5 Å². The average molecular weight is 443 g/mol. The zero-order chi connectivity index (χ0) is 23.3. The number of hydrogen-bond donors (Lipinski definition) is 2. The van der Waals surface area contributed by atoms with Crippen molar-refractivity contribution >= 4 is 23.4 Å². The predicted molar refractivity (Wildman–Crippen MR) is 117 cm³/mol. The highest BCUT2D eigenvalue weighted by Crippen LogP contribution is 2.18. The highest BCUT2D eigenvalue weighted by Gasteiger charge is 2.27. The topological polar surface area (TPSA) is 78.5 Å². The molecule has 2 N–H and O–H groups in total. The molecule has 1 atom stereocenters. The van der Waals surface area contributed by atoms with E-state index in [0.717, 1.165) is 30.5 Å². The molecule has 1 fully saturated rings. The van der Waals surface area contributed by atoms with Gasteiger partial charge in [0.15, 0.2) is 0 Å². The molecule has 0 aromatic heterocycles. The standard InChI is InChI=1S/C24H27F2N3O3/c1-15(2)22(28-23(31)21-18(25)9-6-10-19(21)26)24(32)27-17-8-5-7-16(13-17)14-29-12-4-3-11-20(29)30/h5-10,13,15,22H,3-4,11-12,14H2,1-2H3,(H,27,32)(H,28,31). The Balaban J connectivity index is 1.69. The summed E-state index contributed by atoms with van der Waals surface area (Å²) < 4.78 is 27.9. The normalized spacial score (nSPS) is 14.9. The number of rotatable bonds is 7. The number of anilines is 1. The average Bonchev–Trinajstić information content (AvgIpc) is 2.73. The lowest BCUT2D eigenvalue weighted by Gasteiger charge is -2.27. The third-order valence-electron chi connectivity index (χ3n) is 5.41. The number of piperidine rings is 1. The van der Waals surface area contributed by atoms with Crippen LogP contribution in [0, 0.1) is 17.6 Å². The van der Waals surface area contributed by atoms with Gasteiger partial charge in [0.1, 0.15) is 23.2 Å². The van der Waals surface area contributed by atoms with Crippen LogP contribution in [0.3, 0.4) is 0 Å². The first-order valence-electron chi connectivity index (χ1n) is 10.7. The largest absolute Gasteiger partial charge is 0.340 e. The van der Waals surface area contributed by atoms with Gasteiger partial charge in [-0.2, -0.15) is 0 Å². The van der Waals surface area contributed by atoms with Gasteiger partial charge in [0.25, 0.3) is 5.91 Å². The van der Waals surface area contributed by atoms with E-state index in [-0.39, 0.29) is 11.8 Å². The second-order valence-electron chi connectivity index (χ2n) is 8.25. The van der Waals surface area contributed by atoms with Gasteiger partial charge in [-0.3, -0.25) is 14.4 Å². The molecule has 1 saturated heterocycles. The molecule has 0 saturated carbocycles. The zero-order valence-corrected chi connectivity index (χ0v) is 18.2. The second kappa shape index (κ2) is 10.3. The molecule has 2 aromatic rings. The Morgan fingerprint density at radius 3 is 2.41 bits per heavy atom. The van der Waals surface area contributed by atoms with Crippen molar-refractivity contribution in [3.63, 3.8) is 0 Å². The lowest BCUT2D eigenvalue weighted by molar-refractivity contribution is -0.133. The Bertz CT molecular complexity index is 989. The van der Waals surface area contributed by atoms with Crippen molar-refractivity contribution in [3.05, 3.63) is 65.2 Å². The minimum Gasteiger partial charge on any atom is -0.340 e. The first-order valence-corrected chi connectivity index (χ1v) is 10.7. The van der Waals surface area contributed by atoms with Gasteiger partial charge in [0, 0.05) is 25.2 Å². The molecular weight excluding hydrogens is 416 g/mol. The van der Waals surface area contributed by atoms with Crippen molar-refractivity contribution in [2.24, 2.45) is 5.92 Å². The van der Waals surface area contributed by atoms with E-state index in [2.05, 4.69) is 10.6 Å². The van der Waals surface area contributed by atoms with Crippen LogP contribution in [-0.2, 0) is 16.1 Å². The Morgan fingerprint density at radius 2 is 1.75 bits per heavy atom. The maximum Gasteiger partial charge on any atom is 0.257 e. The van der Waals surface area contributed by atoms with Gasteiger partial charge in [-0.05, 0) is 48.6 Å². The van der Waals surface area contributed by atoms with Gasteiger partial charge in [-0.1, -0.05) is 32.0 Å². The second-order valence-corrected chi connectivity index (χ2v) is 8.25. The maximum absolute atomic E-state index is 13.9. The maximum atomic E-state index is 13.9. The molecule has 32 heavy (non-hydrogen) atoms. The van der Waals surface area contributed by atoms with Crippen molar-refractivity contribution < 1.29 is 23.2 Å². The van der Waals surface area contributed by atoms with Crippen molar-refractivity contribution in [1.29, 1.82) is 0 Å². The number of halogens is 2. The molecule has 3 rings (SSSR count). The summed E-state index contributed by atoms with van der Waals surface area (Å²) in [5, 5.41) is 5.19. The fourth-order valence-corrected chi connectivity index (χ4v) is 3.68. The summed E-state index contributed by atoms with van der Waals surface area (Å²) in [7, 11) is 0. The molecule has 8 heteroatoms. The van der Waals surface area contributed by atoms with Crippen LogP contribution < -0.4 is 10.6 Å². The van der Waals surface area contributed by atoms with Crippen LogP contribution in [0.4, 0.5) is 14.5 Å². The molecule has 6 nitrogen and oxygen atoms in total. The lowest BCUT2D eigenvalue weighted by atomic mass is 10.0. The van der Waals surface area contributed by atoms with Crippen molar-refractivity contribution in [1.82, 2.24) is 10.2 Å². The number of carbonyl (C=O) groups is 3. The van der Waals surface area contributed by atoms with Crippen LogP contribution in [-0.4, -0.2) is 35.2 Å². The van der Waals surface area contributed by atoms with E-state index in [9.17, 15) is 23.2 Å². The number of benzene rings is 2. The molecule has 1 heterocycles. The van der Waals surface area contributed by atoms with Gasteiger partial charge in [0.05, 0.1) is 0 Å². The molecule has 170 valence electrons. The molecule has 1 aliphatic rings. The summed E-state index contributed by atoms with van der Waals surface area (Å²) in [4.78, 5) is 39.2. The minimum atomic E-state index is -1.01. The number of hydrogen-bond acceptors (Lipinski definition) is 3. The van der Waals surface area contributed by atoms with Crippen LogP contribution >= 0.6 is 0 Å². The molecule has 0 bridgehead atoms. The Kier molecular flexibility index (Phi) is 7.56. The van der Waals surface area contributed by atoms with Crippen LogP contribution in [0.25, 0.3) is 0 Å². The van der Waals surface area contributed by atoms with Crippen LogP contribution in [0.1, 0.15) is 49.0 Å². The molecular formula is C24H27F2N3O3.